The van der Waals surface area contributed by atoms with E-state index in [1.165, 1.54) is 23.7 Å². The van der Waals surface area contributed by atoms with Crippen LogP contribution in [0.1, 0.15) is 5.69 Å². The largest absolute Gasteiger partial charge is 0.350 e. The standard InChI is InChI=1S/C7H9NS/c1-2-7-6-9-5-4-8(7)3-1/h1-3H,4-6H2. The average molecular weight is 139 g/mol. The van der Waals surface area contributed by atoms with Gasteiger partial charge in [-0.2, -0.15) is 11.8 Å². The Labute approximate surface area is 59.1 Å². The molecule has 0 aromatic carbocycles. The Kier molecular flexibility index (Phi) is 1.27. The Bertz CT molecular complexity index is 184. The minimum atomic E-state index is 1.20. The number of fused-ring (bicyclic) bond motifs is 1. The summed E-state index contributed by atoms with van der Waals surface area (Å²) in [5, 5.41) is 0. The fourth-order valence-corrected chi connectivity index (χ4v) is 2.08. The number of aryl methyl sites for hydroxylation is 1. The first-order chi connectivity index (χ1) is 4.47. The molecule has 9 heavy (non-hydrogen) atoms. The van der Waals surface area contributed by atoms with Crippen molar-refractivity contribution in [3.05, 3.63) is 24.0 Å². The van der Waals surface area contributed by atoms with Gasteiger partial charge in [0.2, 0.25) is 0 Å². The van der Waals surface area contributed by atoms with E-state index < -0.39 is 0 Å². The molecule has 0 saturated carbocycles. The van der Waals surface area contributed by atoms with Crippen molar-refractivity contribution in [2.45, 2.75) is 12.3 Å². The van der Waals surface area contributed by atoms with Crippen LogP contribution >= 0.6 is 11.8 Å². The molecular weight excluding hydrogens is 130 g/mol. The third-order valence-corrected chi connectivity index (χ3v) is 2.62. The highest BCUT2D eigenvalue weighted by Gasteiger charge is 2.05. The van der Waals surface area contributed by atoms with Gasteiger partial charge in [0.25, 0.3) is 0 Å². The highest BCUT2D eigenvalue weighted by molar-refractivity contribution is 7.98. The Morgan fingerprint density at radius 1 is 1.56 bits per heavy atom. The van der Waals surface area contributed by atoms with Crippen molar-refractivity contribution in [3.63, 3.8) is 0 Å². The van der Waals surface area contributed by atoms with Crippen molar-refractivity contribution in [1.82, 2.24) is 4.57 Å². The normalized spacial score (nSPS) is 17.3. The summed E-state index contributed by atoms with van der Waals surface area (Å²) in [5.41, 5.74) is 1.48. The third-order valence-electron chi connectivity index (χ3n) is 1.65. The molecule has 0 N–H and O–H groups in total. The Hall–Kier alpha value is -0.370. The van der Waals surface area contributed by atoms with E-state index in [0.29, 0.717) is 0 Å². The summed E-state index contributed by atoms with van der Waals surface area (Å²) >= 11 is 2.02. The van der Waals surface area contributed by atoms with Gasteiger partial charge in [-0.1, -0.05) is 0 Å². The molecular formula is C7H9NS. The van der Waals surface area contributed by atoms with Crippen LogP contribution in [0.5, 0.6) is 0 Å². The zero-order valence-corrected chi connectivity index (χ0v) is 6.03. The topological polar surface area (TPSA) is 4.93 Å². The fraction of sp³-hybridized carbons (Fsp3) is 0.429. The second kappa shape index (κ2) is 2.10. The van der Waals surface area contributed by atoms with Gasteiger partial charge in [-0.05, 0) is 12.1 Å². The van der Waals surface area contributed by atoms with Gasteiger partial charge >= 0.3 is 0 Å². The maximum absolute atomic E-state index is 2.33. The lowest BCUT2D eigenvalue weighted by atomic mass is 10.5. The summed E-state index contributed by atoms with van der Waals surface area (Å²) in [6.45, 7) is 1.20. The first kappa shape index (κ1) is 5.42. The first-order valence-corrected chi connectivity index (χ1v) is 4.34. The van der Waals surface area contributed by atoms with Crippen LogP contribution in [0.15, 0.2) is 18.3 Å². The molecule has 0 bridgehead atoms. The fourth-order valence-electron chi connectivity index (χ4n) is 1.14. The molecule has 2 rings (SSSR count). The van der Waals surface area contributed by atoms with Crippen LogP contribution in [0.25, 0.3) is 0 Å². The van der Waals surface area contributed by atoms with Crippen LogP contribution in [0.3, 0.4) is 0 Å². The van der Waals surface area contributed by atoms with E-state index in [0.717, 1.165) is 0 Å². The van der Waals surface area contributed by atoms with E-state index in [9.17, 15) is 0 Å². The van der Waals surface area contributed by atoms with Crippen molar-refractivity contribution in [1.29, 1.82) is 0 Å². The minimum Gasteiger partial charge on any atom is -0.350 e. The molecule has 48 valence electrons. The number of thioether (sulfide) groups is 1. The third kappa shape index (κ3) is 0.874. The van der Waals surface area contributed by atoms with Crippen molar-refractivity contribution in [2.75, 3.05) is 5.75 Å². The molecule has 0 radical (unpaired) electrons. The number of nitrogens with zero attached hydrogens (tertiary/aromatic N) is 1. The molecule has 2 heterocycles. The van der Waals surface area contributed by atoms with Crippen molar-refractivity contribution >= 4 is 11.8 Å². The van der Waals surface area contributed by atoms with Gasteiger partial charge < -0.3 is 4.57 Å². The number of hydrogen-bond donors (Lipinski definition) is 0. The molecule has 0 fully saturated rings. The van der Waals surface area contributed by atoms with Gasteiger partial charge in [0, 0.05) is 29.9 Å². The summed E-state index contributed by atoms with van der Waals surface area (Å²) in [7, 11) is 0. The molecule has 0 amide bonds. The average Bonchev–Trinajstić information content (AvgIpc) is 2.33. The lowest BCUT2D eigenvalue weighted by Crippen LogP contribution is -2.07. The van der Waals surface area contributed by atoms with E-state index >= 15 is 0 Å². The molecule has 1 aromatic heterocycles. The lowest BCUT2D eigenvalue weighted by Gasteiger charge is -2.13. The minimum absolute atomic E-state index is 1.20. The zero-order valence-electron chi connectivity index (χ0n) is 5.21. The van der Waals surface area contributed by atoms with Gasteiger partial charge in [0.1, 0.15) is 0 Å². The van der Waals surface area contributed by atoms with Crippen molar-refractivity contribution in [3.8, 4) is 0 Å². The Balaban J connectivity index is 2.39. The molecule has 1 aliphatic heterocycles. The maximum atomic E-state index is 2.33. The van der Waals surface area contributed by atoms with Crippen LogP contribution in [0.4, 0.5) is 0 Å². The van der Waals surface area contributed by atoms with E-state index in [1.807, 2.05) is 11.8 Å². The second-order valence-electron chi connectivity index (χ2n) is 2.25. The van der Waals surface area contributed by atoms with Crippen LogP contribution < -0.4 is 0 Å². The SMILES string of the molecule is c1cc2n(c1)CCSC2. The van der Waals surface area contributed by atoms with Crippen LogP contribution in [0, 0.1) is 0 Å². The van der Waals surface area contributed by atoms with Crippen molar-refractivity contribution in [2.24, 2.45) is 0 Å². The van der Waals surface area contributed by atoms with Gasteiger partial charge in [-0.25, -0.2) is 0 Å². The predicted molar refractivity (Wildman–Crippen MR) is 40.6 cm³/mol. The smallest absolute Gasteiger partial charge is 0.0338 e. The lowest BCUT2D eigenvalue weighted by molar-refractivity contribution is 0.732. The van der Waals surface area contributed by atoms with Gasteiger partial charge in [-0.3, -0.25) is 0 Å². The summed E-state index contributed by atoms with van der Waals surface area (Å²) in [5.74, 6) is 2.48. The molecule has 2 heteroatoms. The summed E-state index contributed by atoms with van der Waals surface area (Å²) in [4.78, 5) is 0. The molecule has 0 unspecified atom stereocenters. The predicted octanol–water partition coefficient (Wildman–Crippen LogP) is 1.73. The molecule has 0 saturated heterocycles. The quantitative estimate of drug-likeness (QED) is 0.530. The van der Waals surface area contributed by atoms with Gasteiger partial charge in [0.15, 0.2) is 0 Å². The maximum Gasteiger partial charge on any atom is 0.0338 e. The number of hydrogen-bond acceptors (Lipinski definition) is 1. The van der Waals surface area contributed by atoms with E-state index in [2.05, 4.69) is 22.9 Å². The van der Waals surface area contributed by atoms with E-state index in [4.69, 9.17) is 0 Å². The zero-order chi connectivity index (χ0) is 6.10. The highest BCUT2D eigenvalue weighted by Crippen LogP contribution is 2.18. The number of rotatable bonds is 0. The molecule has 0 aliphatic carbocycles. The molecule has 0 spiro atoms. The van der Waals surface area contributed by atoms with Gasteiger partial charge in [0.05, 0.1) is 0 Å². The van der Waals surface area contributed by atoms with Crippen LogP contribution in [0.2, 0.25) is 0 Å². The molecule has 1 aromatic rings. The van der Waals surface area contributed by atoms with Crippen LogP contribution in [-0.4, -0.2) is 10.3 Å². The van der Waals surface area contributed by atoms with E-state index in [-0.39, 0.29) is 0 Å². The summed E-state index contributed by atoms with van der Waals surface area (Å²) in [6.07, 6.45) is 2.16. The van der Waals surface area contributed by atoms with Crippen LogP contribution in [-0.2, 0) is 12.3 Å². The Morgan fingerprint density at radius 2 is 2.56 bits per heavy atom. The molecule has 0 atom stereocenters. The molecule has 1 nitrogen and oxygen atoms in total. The van der Waals surface area contributed by atoms with E-state index in [1.54, 1.807) is 0 Å². The highest BCUT2D eigenvalue weighted by atomic mass is 32.2. The number of aromatic nitrogens is 1. The second-order valence-corrected chi connectivity index (χ2v) is 3.35. The summed E-state index contributed by atoms with van der Waals surface area (Å²) < 4.78 is 2.33. The summed E-state index contributed by atoms with van der Waals surface area (Å²) in [6, 6.07) is 4.33. The monoisotopic (exact) mass is 139 g/mol. The van der Waals surface area contributed by atoms with Gasteiger partial charge in [-0.15, -0.1) is 0 Å². The first-order valence-electron chi connectivity index (χ1n) is 3.18. The Morgan fingerprint density at radius 3 is 3.44 bits per heavy atom. The van der Waals surface area contributed by atoms with Crippen molar-refractivity contribution < 1.29 is 0 Å². The molecule has 1 aliphatic rings.